The standard InChI is InChI=1S/C13H23N3O3/c1-2-19-12(17)9-14-13(18)15-10-5-7-16-6-3-4-11(16)8-10/h10-11H,2-9H2,1H3,(H2,14,15,18). The monoisotopic (exact) mass is 269 g/mol. The van der Waals surface area contributed by atoms with Crippen LogP contribution in [0.15, 0.2) is 0 Å². The Hall–Kier alpha value is -1.30. The first-order chi connectivity index (χ1) is 9.19. The molecule has 2 unspecified atom stereocenters. The van der Waals surface area contributed by atoms with Crippen molar-refractivity contribution < 1.29 is 14.3 Å². The lowest BCUT2D eigenvalue weighted by atomic mass is 9.98. The van der Waals surface area contributed by atoms with E-state index < -0.39 is 5.97 Å². The van der Waals surface area contributed by atoms with Crippen molar-refractivity contribution in [2.24, 2.45) is 0 Å². The van der Waals surface area contributed by atoms with Gasteiger partial charge in [0.15, 0.2) is 0 Å². The minimum Gasteiger partial charge on any atom is -0.465 e. The van der Waals surface area contributed by atoms with Gasteiger partial charge < -0.3 is 20.3 Å². The number of fused-ring (bicyclic) bond motifs is 1. The highest BCUT2D eigenvalue weighted by Gasteiger charge is 2.32. The van der Waals surface area contributed by atoms with Gasteiger partial charge in [-0.15, -0.1) is 0 Å². The predicted molar refractivity (Wildman–Crippen MR) is 70.8 cm³/mol. The molecule has 0 spiro atoms. The van der Waals surface area contributed by atoms with E-state index in [4.69, 9.17) is 4.74 Å². The summed E-state index contributed by atoms with van der Waals surface area (Å²) < 4.78 is 4.75. The van der Waals surface area contributed by atoms with Crippen LogP contribution in [0.5, 0.6) is 0 Å². The summed E-state index contributed by atoms with van der Waals surface area (Å²) >= 11 is 0. The minimum atomic E-state index is -0.400. The molecule has 19 heavy (non-hydrogen) atoms. The average Bonchev–Trinajstić information content (AvgIpc) is 2.84. The van der Waals surface area contributed by atoms with Gasteiger partial charge in [-0.3, -0.25) is 4.79 Å². The number of carbonyl (C=O) groups is 2. The molecular weight excluding hydrogens is 246 g/mol. The van der Waals surface area contributed by atoms with Crippen LogP contribution in [-0.4, -0.2) is 55.2 Å². The van der Waals surface area contributed by atoms with E-state index in [1.165, 1.54) is 19.4 Å². The Morgan fingerprint density at radius 1 is 1.32 bits per heavy atom. The van der Waals surface area contributed by atoms with Crippen LogP contribution in [0.4, 0.5) is 4.79 Å². The molecule has 2 atom stereocenters. The van der Waals surface area contributed by atoms with Crippen molar-refractivity contribution in [1.29, 1.82) is 0 Å². The zero-order valence-corrected chi connectivity index (χ0v) is 11.5. The number of nitrogens with one attached hydrogen (secondary N) is 2. The molecule has 0 aromatic rings. The van der Waals surface area contributed by atoms with Gasteiger partial charge in [0.25, 0.3) is 0 Å². The van der Waals surface area contributed by atoms with Crippen molar-refractivity contribution in [2.75, 3.05) is 26.2 Å². The molecule has 2 heterocycles. The van der Waals surface area contributed by atoms with E-state index in [2.05, 4.69) is 15.5 Å². The molecule has 0 radical (unpaired) electrons. The number of urea groups is 1. The number of carbonyl (C=O) groups excluding carboxylic acids is 2. The van der Waals surface area contributed by atoms with E-state index in [1.807, 2.05) is 0 Å². The molecule has 2 amide bonds. The molecule has 6 nitrogen and oxygen atoms in total. The highest BCUT2D eigenvalue weighted by molar-refractivity contribution is 5.80. The van der Waals surface area contributed by atoms with Gasteiger partial charge in [0, 0.05) is 18.6 Å². The van der Waals surface area contributed by atoms with E-state index in [0.29, 0.717) is 12.6 Å². The highest BCUT2D eigenvalue weighted by Crippen LogP contribution is 2.26. The first-order valence-electron chi connectivity index (χ1n) is 7.13. The topological polar surface area (TPSA) is 70.7 Å². The zero-order valence-electron chi connectivity index (χ0n) is 11.5. The van der Waals surface area contributed by atoms with E-state index >= 15 is 0 Å². The van der Waals surface area contributed by atoms with Gasteiger partial charge >= 0.3 is 12.0 Å². The Kier molecular flexibility index (Phi) is 5.01. The first-order valence-corrected chi connectivity index (χ1v) is 7.13. The third-order valence-electron chi connectivity index (χ3n) is 3.85. The maximum Gasteiger partial charge on any atom is 0.325 e. The summed E-state index contributed by atoms with van der Waals surface area (Å²) in [5.74, 6) is -0.400. The number of rotatable bonds is 4. The van der Waals surface area contributed by atoms with Crippen molar-refractivity contribution >= 4 is 12.0 Å². The molecular formula is C13H23N3O3. The molecule has 6 heteroatoms. The second kappa shape index (κ2) is 6.75. The van der Waals surface area contributed by atoms with E-state index in [0.717, 1.165) is 19.4 Å². The van der Waals surface area contributed by atoms with E-state index in [9.17, 15) is 9.59 Å². The summed E-state index contributed by atoms with van der Waals surface area (Å²) in [6.45, 7) is 4.28. The molecule has 108 valence electrons. The number of amides is 2. The molecule has 2 N–H and O–H groups in total. The Bertz CT molecular complexity index is 335. The lowest BCUT2D eigenvalue weighted by Gasteiger charge is -2.35. The summed E-state index contributed by atoms with van der Waals surface area (Å²) in [5.41, 5.74) is 0. The SMILES string of the molecule is CCOC(=O)CNC(=O)NC1CCN2CCCC2C1. The summed E-state index contributed by atoms with van der Waals surface area (Å²) in [7, 11) is 0. The van der Waals surface area contributed by atoms with E-state index in [1.54, 1.807) is 6.92 Å². The van der Waals surface area contributed by atoms with Gasteiger partial charge in [0.1, 0.15) is 6.54 Å². The zero-order chi connectivity index (χ0) is 13.7. The number of hydrogen-bond acceptors (Lipinski definition) is 4. The highest BCUT2D eigenvalue weighted by atomic mass is 16.5. The van der Waals surface area contributed by atoms with Crippen LogP contribution in [0, 0.1) is 0 Å². The van der Waals surface area contributed by atoms with Crippen LogP contribution in [0.2, 0.25) is 0 Å². The maximum absolute atomic E-state index is 11.7. The smallest absolute Gasteiger partial charge is 0.325 e. The molecule has 2 aliphatic heterocycles. The van der Waals surface area contributed by atoms with Crippen LogP contribution in [0.1, 0.15) is 32.6 Å². The van der Waals surface area contributed by atoms with Gasteiger partial charge in [-0.1, -0.05) is 0 Å². The molecule has 2 fully saturated rings. The van der Waals surface area contributed by atoms with Crippen molar-refractivity contribution in [3.63, 3.8) is 0 Å². The summed E-state index contributed by atoms with van der Waals surface area (Å²) in [6.07, 6.45) is 4.52. The quantitative estimate of drug-likeness (QED) is 0.728. The first kappa shape index (κ1) is 14.1. The lowest BCUT2D eigenvalue weighted by molar-refractivity contribution is -0.141. The van der Waals surface area contributed by atoms with Crippen LogP contribution in [0.25, 0.3) is 0 Å². The van der Waals surface area contributed by atoms with Gasteiger partial charge in [-0.2, -0.15) is 0 Å². The Balaban J connectivity index is 1.66. The minimum absolute atomic E-state index is 0.0675. The van der Waals surface area contributed by atoms with Crippen molar-refractivity contribution in [1.82, 2.24) is 15.5 Å². The molecule has 2 rings (SSSR count). The Labute approximate surface area is 113 Å². The summed E-state index contributed by atoms with van der Waals surface area (Å²) in [6, 6.07) is 0.579. The fourth-order valence-electron chi connectivity index (χ4n) is 2.96. The van der Waals surface area contributed by atoms with Gasteiger partial charge in [0.05, 0.1) is 6.61 Å². The molecule has 0 aromatic carbocycles. The fourth-order valence-corrected chi connectivity index (χ4v) is 2.96. The molecule has 0 aliphatic carbocycles. The number of nitrogens with zero attached hydrogens (tertiary/aromatic N) is 1. The molecule has 0 bridgehead atoms. The maximum atomic E-state index is 11.7. The summed E-state index contributed by atoms with van der Waals surface area (Å²) in [5, 5.41) is 5.48. The number of hydrogen-bond donors (Lipinski definition) is 2. The van der Waals surface area contributed by atoms with Crippen molar-refractivity contribution in [2.45, 2.75) is 44.7 Å². The lowest BCUT2D eigenvalue weighted by Crippen LogP contribution is -2.50. The van der Waals surface area contributed by atoms with Crippen molar-refractivity contribution in [3.05, 3.63) is 0 Å². The number of ether oxygens (including phenoxy) is 1. The van der Waals surface area contributed by atoms with Crippen LogP contribution < -0.4 is 10.6 Å². The molecule has 0 saturated carbocycles. The normalized spacial score (nSPS) is 26.6. The molecule has 0 aromatic heterocycles. The third kappa shape index (κ3) is 4.09. The number of esters is 1. The van der Waals surface area contributed by atoms with Crippen LogP contribution in [0.3, 0.4) is 0 Å². The number of piperidine rings is 1. The van der Waals surface area contributed by atoms with Gasteiger partial charge in [-0.05, 0) is 39.2 Å². The fraction of sp³-hybridized carbons (Fsp3) is 0.846. The molecule has 2 saturated heterocycles. The molecule has 2 aliphatic rings. The van der Waals surface area contributed by atoms with Gasteiger partial charge in [0.2, 0.25) is 0 Å². The second-order valence-corrected chi connectivity index (χ2v) is 5.19. The third-order valence-corrected chi connectivity index (χ3v) is 3.85. The Morgan fingerprint density at radius 3 is 2.95 bits per heavy atom. The van der Waals surface area contributed by atoms with Crippen LogP contribution in [-0.2, 0) is 9.53 Å². The largest absolute Gasteiger partial charge is 0.465 e. The van der Waals surface area contributed by atoms with Crippen molar-refractivity contribution in [3.8, 4) is 0 Å². The predicted octanol–water partition coefficient (Wildman–Crippen LogP) is 0.476. The van der Waals surface area contributed by atoms with E-state index in [-0.39, 0.29) is 18.6 Å². The average molecular weight is 269 g/mol. The van der Waals surface area contributed by atoms with Crippen LogP contribution >= 0.6 is 0 Å². The second-order valence-electron chi connectivity index (χ2n) is 5.19. The summed E-state index contributed by atoms with van der Waals surface area (Å²) in [4.78, 5) is 25.3. The van der Waals surface area contributed by atoms with Gasteiger partial charge in [-0.25, -0.2) is 4.79 Å². The Morgan fingerprint density at radius 2 is 2.16 bits per heavy atom.